The van der Waals surface area contributed by atoms with Crippen molar-refractivity contribution in [2.45, 2.75) is 19.8 Å². The minimum absolute atomic E-state index is 0.759. The van der Waals surface area contributed by atoms with Gasteiger partial charge in [0.05, 0.1) is 0 Å². The summed E-state index contributed by atoms with van der Waals surface area (Å²) in [5.41, 5.74) is 0. The fourth-order valence-electron chi connectivity index (χ4n) is 2.30. The van der Waals surface area contributed by atoms with Gasteiger partial charge in [0.2, 0.25) is 0 Å². The highest BCUT2D eigenvalue weighted by Crippen LogP contribution is 2.17. The van der Waals surface area contributed by atoms with E-state index in [0.717, 1.165) is 29.9 Å². The van der Waals surface area contributed by atoms with Gasteiger partial charge >= 0.3 is 0 Å². The van der Waals surface area contributed by atoms with E-state index in [9.17, 15) is 0 Å². The van der Waals surface area contributed by atoms with E-state index in [0.29, 0.717) is 0 Å². The Morgan fingerprint density at radius 2 is 1.94 bits per heavy atom. The van der Waals surface area contributed by atoms with Crippen molar-refractivity contribution in [3.05, 3.63) is 11.9 Å². The van der Waals surface area contributed by atoms with Crippen LogP contribution in [-0.4, -0.2) is 48.6 Å². The van der Waals surface area contributed by atoms with Crippen LogP contribution in [0.4, 0.5) is 11.6 Å². The normalized spacial score (nSPS) is 17.7. The Bertz CT molecular complexity index is 385. The molecule has 0 bridgehead atoms. The molecule has 1 saturated heterocycles. The molecule has 5 heteroatoms. The second-order valence-electron chi connectivity index (χ2n) is 5.06. The molecule has 1 aromatic heterocycles. The molecule has 0 aliphatic carbocycles. The topological polar surface area (TPSA) is 53.1 Å². The van der Waals surface area contributed by atoms with Crippen LogP contribution in [0.2, 0.25) is 0 Å². The van der Waals surface area contributed by atoms with Crippen LogP contribution in [0.15, 0.2) is 6.07 Å². The maximum absolute atomic E-state index is 4.41. The van der Waals surface area contributed by atoms with Gasteiger partial charge in [-0.2, -0.15) is 0 Å². The fourth-order valence-corrected chi connectivity index (χ4v) is 2.30. The van der Waals surface area contributed by atoms with Crippen LogP contribution in [0.3, 0.4) is 0 Å². The van der Waals surface area contributed by atoms with Crippen LogP contribution < -0.4 is 10.6 Å². The van der Waals surface area contributed by atoms with E-state index in [1.807, 2.05) is 20.0 Å². The van der Waals surface area contributed by atoms with E-state index in [1.165, 1.54) is 25.9 Å². The van der Waals surface area contributed by atoms with Crippen molar-refractivity contribution >= 4 is 11.6 Å². The Hall–Kier alpha value is -1.36. The van der Waals surface area contributed by atoms with E-state index >= 15 is 0 Å². The number of nitrogens with one attached hydrogen (secondary N) is 2. The number of nitrogens with zero attached hydrogens (tertiary/aromatic N) is 3. The molecule has 18 heavy (non-hydrogen) atoms. The minimum atomic E-state index is 0.759. The second kappa shape index (κ2) is 6.00. The van der Waals surface area contributed by atoms with E-state index < -0.39 is 0 Å². The van der Waals surface area contributed by atoms with Gasteiger partial charge in [0.25, 0.3) is 0 Å². The molecule has 0 atom stereocenters. The summed E-state index contributed by atoms with van der Waals surface area (Å²) in [4.78, 5) is 11.1. The van der Waals surface area contributed by atoms with Crippen molar-refractivity contribution in [3.8, 4) is 0 Å². The average molecular weight is 249 g/mol. The van der Waals surface area contributed by atoms with Crippen LogP contribution in [-0.2, 0) is 0 Å². The molecule has 100 valence electrons. The third kappa shape index (κ3) is 3.57. The lowest BCUT2D eigenvalue weighted by Gasteiger charge is -2.29. The maximum atomic E-state index is 4.41. The lowest BCUT2D eigenvalue weighted by molar-refractivity contribution is 0.226. The number of anilines is 2. The first-order chi connectivity index (χ1) is 8.67. The average Bonchev–Trinajstić information content (AvgIpc) is 2.37. The Balaban J connectivity index is 1.88. The summed E-state index contributed by atoms with van der Waals surface area (Å²) in [7, 11) is 4.07. The Labute approximate surface area is 109 Å². The number of hydrogen-bond acceptors (Lipinski definition) is 5. The smallest absolute Gasteiger partial charge is 0.131 e. The van der Waals surface area contributed by atoms with Crippen molar-refractivity contribution in [1.29, 1.82) is 0 Å². The van der Waals surface area contributed by atoms with Crippen LogP contribution >= 0.6 is 0 Å². The molecule has 0 amide bonds. The third-order valence-electron chi connectivity index (χ3n) is 3.50. The summed E-state index contributed by atoms with van der Waals surface area (Å²) in [6.07, 6.45) is 2.54. The highest BCUT2D eigenvalue weighted by Gasteiger charge is 2.16. The van der Waals surface area contributed by atoms with Gasteiger partial charge in [0.1, 0.15) is 17.5 Å². The molecular weight excluding hydrogens is 226 g/mol. The number of hydrogen-bond donors (Lipinski definition) is 2. The Morgan fingerprint density at radius 3 is 2.61 bits per heavy atom. The molecule has 0 radical (unpaired) electrons. The number of rotatable bonds is 4. The highest BCUT2D eigenvalue weighted by molar-refractivity contribution is 5.47. The predicted molar refractivity (Wildman–Crippen MR) is 75.0 cm³/mol. The minimum Gasteiger partial charge on any atom is -0.373 e. The van der Waals surface area contributed by atoms with Crippen LogP contribution in [0.5, 0.6) is 0 Å². The lowest BCUT2D eigenvalue weighted by atomic mass is 9.97. The zero-order chi connectivity index (χ0) is 13.0. The van der Waals surface area contributed by atoms with Gasteiger partial charge < -0.3 is 15.5 Å². The summed E-state index contributed by atoms with van der Waals surface area (Å²) in [5, 5.41) is 6.49. The van der Waals surface area contributed by atoms with Crippen LogP contribution in [0.25, 0.3) is 0 Å². The molecular formula is C13H23N5. The number of likely N-dealkylation sites (tertiary alicyclic amines) is 1. The quantitative estimate of drug-likeness (QED) is 0.848. The number of aromatic nitrogens is 2. The molecule has 2 N–H and O–H groups in total. The first-order valence-electron chi connectivity index (χ1n) is 6.63. The van der Waals surface area contributed by atoms with Gasteiger partial charge in [-0.25, -0.2) is 9.97 Å². The summed E-state index contributed by atoms with van der Waals surface area (Å²) >= 11 is 0. The van der Waals surface area contributed by atoms with Crippen molar-refractivity contribution in [3.63, 3.8) is 0 Å². The third-order valence-corrected chi connectivity index (χ3v) is 3.50. The van der Waals surface area contributed by atoms with Gasteiger partial charge in [-0.15, -0.1) is 0 Å². The van der Waals surface area contributed by atoms with Crippen molar-refractivity contribution in [2.75, 3.05) is 44.4 Å². The lowest BCUT2D eigenvalue weighted by Crippen LogP contribution is -2.33. The fraction of sp³-hybridized carbons (Fsp3) is 0.692. The molecule has 1 aliphatic heterocycles. The van der Waals surface area contributed by atoms with Gasteiger partial charge in [0.15, 0.2) is 0 Å². The van der Waals surface area contributed by atoms with Crippen LogP contribution in [0, 0.1) is 12.8 Å². The van der Waals surface area contributed by atoms with Crippen molar-refractivity contribution in [2.24, 2.45) is 5.92 Å². The molecule has 5 nitrogen and oxygen atoms in total. The first kappa shape index (κ1) is 13.1. The molecule has 0 spiro atoms. The first-order valence-corrected chi connectivity index (χ1v) is 6.63. The molecule has 2 rings (SSSR count). The second-order valence-corrected chi connectivity index (χ2v) is 5.06. The maximum Gasteiger partial charge on any atom is 0.131 e. The standard InChI is InChI=1S/C13H23N5/c1-10-16-12(14-2)8-13(17-10)15-9-11-4-6-18(3)7-5-11/h8,11H,4-7,9H2,1-3H3,(H2,14,15,16,17). The summed E-state index contributed by atoms with van der Waals surface area (Å²) < 4.78 is 0. The summed E-state index contributed by atoms with van der Waals surface area (Å²) in [5.74, 6) is 3.35. The van der Waals surface area contributed by atoms with Gasteiger partial charge in [-0.3, -0.25) is 0 Å². The summed E-state index contributed by atoms with van der Waals surface area (Å²) in [6.45, 7) is 5.34. The van der Waals surface area contributed by atoms with Crippen molar-refractivity contribution in [1.82, 2.24) is 14.9 Å². The Morgan fingerprint density at radius 1 is 1.28 bits per heavy atom. The Kier molecular flexibility index (Phi) is 4.36. The molecule has 0 saturated carbocycles. The van der Waals surface area contributed by atoms with E-state index in [4.69, 9.17) is 0 Å². The molecule has 0 aromatic carbocycles. The molecule has 0 unspecified atom stereocenters. The largest absolute Gasteiger partial charge is 0.373 e. The zero-order valence-electron chi connectivity index (χ0n) is 11.5. The molecule has 1 fully saturated rings. The molecule has 1 aromatic rings. The van der Waals surface area contributed by atoms with Gasteiger partial charge in [0, 0.05) is 19.7 Å². The molecule has 1 aliphatic rings. The van der Waals surface area contributed by atoms with E-state index in [-0.39, 0.29) is 0 Å². The zero-order valence-corrected chi connectivity index (χ0v) is 11.5. The van der Waals surface area contributed by atoms with Crippen LogP contribution in [0.1, 0.15) is 18.7 Å². The predicted octanol–water partition coefficient (Wildman–Crippen LogP) is 1.58. The van der Waals surface area contributed by atoms with E-state index in [2.05, 4.69) is 32.5 Å². The summed E-state index contributed by atoms with van der Waals surface area (Å²) in [6, 6.07) is 1.96. The van der Waals surface area contributed by atoms with Gasteiger partial charge in [-0.1, -0.05) is 0 Å². The SMILES string of the molecule is CNc1cc(NCC2CCN(C)CC2)nc(C)n1. The number of aryl methyl sites for hydroxylation is 1. The van der Waals surface area contributed by atoms with E-state index in [1.54, 1.807) is 0 Å². The number of piperidine rings is 1. The highest BCUT2D eigenvalue weighted by atomic mass is 15.1. The monoisotopic (exact) mass is 249 g/mol. The van der Waals surface area contributed by atoms with Crippen molar-refractivity contribution < 1.29 is 0 Å². The van der Waals surface area contributed by atoms with Gasteiger partial charge in [-0.05, 0) is 45.8 Å². The molecule has 2 heterocycles.